The molecule has 0 saturated heterocycles. The van der Waals surface area contributed by atoms with Gasteiger partial charge in [-0.05, 0) is 48.5 Å². The summed E-state index contributed by atoms with van der Waals surface area (Å²) in [5.74, 6) is -1.83. The molecule has 9 heteroatoms. The van der Waals surface area contributed by atoms with Crippen LogP contribution in [0.3, 0.4) is 0 Å². The maximum absolute atomic E-state index is 12.5. The van der Waals surface area contributed by atoms with Crippen LogP contribution in [0.5, 0.6) is 0 Å². The van der Waals surface area contributed by atoms with Crippen LogP contribution in [0, 0.1) is 21.4 Å². The van der Waals surface area contributed by atoms with Gasteiger partial charge in [-0.2, -0.15) is 5.26 Å². The van der Waals surface area contributed by atoms with Crippen molar-refractivity contribution in [3.63, 3.8) is 0 Å². The summed E-state index contributed by atoms with van der Waals surface area (Å²) in [6.45, 7) is 0. The number of nitriles is 1. The number of amides is 1. The van der Waals surface area contributed by atoms with Gasteiger partial charge in [-0.25, -0.2) is 4.79 Å². The average Bonchev–Trinajstić information content (AvgIpc) is 3.20. The number of aromatic carboxylic acids is 1. The topological polar surface area (TPSA) is 138 Å². The molecule has 148 valence electrons. The van der Waals surface area contributed by atoms with Crippen molar-refractivity contribution >= 4 is 29.3 Å². The third-order valence-electron chi connectivity index (χ3n) is 4.14. The van der Waals surface area contributed by atoms with Gasteiger partial charge in [0.05, 0.1) is 10.5 Å². The molecule has 2 N–H and O–H groups in total. The van der Waals surface area contributed by atoms with E-state index in [0.29, 0.717) is 11.4 Å². The van der Waals surface area contributed by atoms with Crippen LogP contribution in [0.25, 0.3) is 11.8 Å². The molecule has 0 fully saturated rings. The molecule has 0 atom stereocenters. The smallest absolute Gasteiger partial charge is 0.335 e. The zero-order valence-corrected chi connectivity index (χ0v) is 15.4. The van der Waals surface area contributed by atoms with Gasteiger partial charge in [-0.3, -0.25) is 14.9 Å². The van der Waals surface area contributed by atoms with E-state index in [0.717, 1.165) is 0 Å². The summed E-state index contributed by atoms with van der Waals surface area (Å²) >= 11 is 0. The molecule has 3 aromatic rings. The molecule has 0 unspecified atom stereocenters. The van der Waals surface area contributed by atoms with Gasteiger partial charge in [0.1, 0.15) is 11.6 Å². The molecular weight excluding hydrogens is 388 g/mol. The molecule has 0 spiro atoms. The first-order chi connectivity index (χ1) is 14.4. The van der Waals surface area contributed by atoms with Crippen molar-refractivity contribution in [2.24, 2.45) is 0 Å². The fourth-order valence-corrected chi connectivity index (χ4v) is 2.71. The molecule has 0 aliphatic carbocycles. The summed E-state index contributed by atoms with van der Waals surface area (Å²) < 4.78 is 1.67. The second-order valence-corrected chi connectivity index (χ2v) is 6.09. The highest BCUT2D eigenvalue weighted by Gasteiger charge is 2.13. The standard InChI is InChI=1S/C21H14N4O5/c22-13-15(20(26)23-16-4-1-3-14(11-16)21(27)28)12-19-5-2-10-24(19)17-6-8-18(9-7-17)25(29)30/h1-12H,(H,23,26)(H,27,28)/b15-12-. The SMILES string of the molecule is N#C/C(=C/c1cccn1-c1ccc([N+](=O)[O-])cc1)C(=O)Nc1cccc(C(=O)O)c1. The zero-order chi connectivity index (χ0) is 21.7. The normalized spacial score (nSPS) is 10.8. The summed E-state index contributed by atoms with van der Waals surface area (Å²) in [5, 5.41) is 31.8. The first-order valence-corrected chi connectivity index (χ1v) is 8.58. The Kier molecular flexibility index (Phi) is 5.70. The van der Waals surface area contributed by atoms with E-state index >= 15 is 0 Å². The number of non-ortho nitro benzene ring substituents is 1. The molecule has 0 aliphatic rings. The van der Waals surface area contributed by atoms with Crippen molar-refractivity contribution in [2.75, 3.05) is 5.32 Å². The van der Waals surface area contributed by atoms with Gasteiger partial charge < -0.3 is 15.0 Å². The number of aromatic nitrogens is 1. The van der Waals surface area contributed by atoms with E-state index in [1.54, 1.807) is 35.0 Å². The fraction of sp³-hybridized carbons (Fsp3) is 0. The highest BCUT2D eigenvalue weighted by Crippen LogP contribution is 2.20. The van der Waals surface area contributed by atoms with Crippen molar-refractivity contribution in [3.8, 4) is 11.8 Å². The Morgan fingerprint density at radius 1 is 1.13 bits per heavy atom. The second-order valence-electron chi connectivity index (χ2n) is 6.09. The molecule has 1 aromatic heterocycles. The molecule has 2 aromatic carbocycles. The lowest BCUT2D eigenvalue weighted by molar-refractivity contribution is -0.384. The Morgan fingerprint density at radius 3 is 2.50 bits per heavy atom. The number of carbonyl (C=O) groups is 2. The third-order valence-corrected chi connectivity index (χ3v) is 4.14. The van der Waals surface area contributed by atoms with Gasteiger partial charge in [0.2, 0.25) is 0 Å². The quantitative estimate of drug-likeness (QED) is 0.279. The Hall–Kier alpha value is -4.71. The number of nitro benzene ring substituents is 1. The van der Waals surface area contributed by atoms with Crippen LogP contribution in [0.1, 0.15) is 16.1 Å². The Morgan fingerprint density at radius 2 is 1.87 bits per heavy atom. The Labute approximate surface area is 170 Å². The van der Waals surface area contributed by atoms with Gasteiger partial charge >= 0.3 is 5.97 Å². The Bertz CT molecular complexity index is 1200. The van der Waals surface area contributed by atoms with E-state index in [2.05, 4.69) is 5.32 Å². The van der Waals surface area contributed by atoms with E-state index < -0.39 is 16.8 Å². The van der Waals surface area contributed by atoms with Crippen LogP contribution in [0.2, 0.25) is 0 Å². The molecule has 30 heavy (non-hydrogen) atoms. The summed E-state index contributed by atoms with van der Waals surface area (Å²) in [6, 6.07) is 16.7. The lowest BCUT2D eigenvalue weighted by Gasteiger charge is -2.08. The largest absolute Gasteiger partial charge is 0.478 e. The van der Waals surface area contributed by atoms with Gasteiger partial charge in [0.25, 0.3) is 11.6 Å². The molecule has 3 rings (SSSR count). The number of hydrogen-bond acceptors (Lipinski definition) is 5. The van der Waals surface area contributed by atoms with Crippen LogP contribution >= 0.6 is 0 Å². The number of benzene rings is 2. The number of carbonyl (C=O) groups excluding carboxylic acids is 1. The summed E-state index contributed by atoms with van der Waals surface area (Å²) in [7, 11) is 0. The number of carboxylic acids is 1. The van der Waals surface area contributed by atoms with Crippen LogP contribution in [0.4, 0.5) is 11.4 Å². The van der Waals surface area contributed by atoms with E-state index in [1.165, 1.54) is 42.5 Å². The molecular formula is C21H14N4O5. The minimum atomic E-state index is -1.14. The predicted octanol–water partition coefficient (Wildman–Crippen LogP) is 3.63. The number of rotatable bonds is 6. The minimum absolute atomic E-state index is 0.00216. The molecule has 0 radical (unpaired) electrons. The van der Waals surface area contributed by atoms with E-state index in [1.807, 2.05) is 6.07 Å². The van der Waals surface area contributed by atoms with Crippen molar-refractivity contribution in [2.45, 2.75) is 0 Å². The predicted molar refractivity (Wildman–Crippen MR) is 108 cm³/mol. The fourth-order valence-electron chi connectivity index (χ4n) is 2.71. The molecule has 0 bridgehead atoms. The molecule has 1 heterocycles. The average molecular weight is 402 g/mol. The van der Waals surface area contributed by atoms with Crippen LogP contribution in [0.15, 0.2) is 72.4 Å². The zero-order valence-electron chi connectivity index (χ0n) is 15.4. The number of anilines is 1. The monoisotopic (exact) mass is 402 g/mol. The van der Waals surface area contributed by atoms with Crippen LogP contribution in [-0.4, -0.2) is 26.5 Å². The van der Waals surface area contributed by atoms with Gasteiger partial charge in [0.15, 0.2) is 0 Å². The molecule has 1 amide bonds. The van der Waals surface area contributed by atoms with Crippen molar-refractivity contribution < 1.29 is 19.6 Å². The molecule has 0 aliphatic heterocycles. The number of carboxylic acid groups (broad SMARTS) is 1. The van der Waals surface area contributed by atoms with E-state index in [-0.39, 0.29) is 22.5 Å². The van der Waals surface area contributed by atoms with Crippen LogP contribution < -0.4 is 5.32 Å². The number of nitrogens with one attached hydrogen (secondary N) is 1. The van der Waals surface area contributed by atoms with Gasteiger partial charge in [0, 0.05) is 35.4 Å². The van der Waals surface area contributed by atoms with Crippen molar-refractivity contribution in [3.05, 3.63) is 93.8 Å². The van der Waals surface area contributed by atoms with E-state index in [4.69, 9.17) is 5.11 Å². The highest BCUT2D eigenvalue weighted by molar-refractivity contribution is 6.09. The number of nitrogens with zero attached hydrogens (tertiary/aromatic N) is 3. The van der Waals surface area contributed by atoms with Gasteiger partial charge in [-0.15, -0.1) is 0 Å². The van der Waals surface area contributed by atoms with Crippen molar-refractivity contribution in [1.82, 2.24) is 4.57 Å². The first kappa shape index (κ1) is 20.0. The number of hydrogen-bond donors (Lipinski definition) is 2. The third kappa shape index (κ3) is 4.40. The second kappa shape index (κ2) is 8.53. The summed E-state index contributed by atoms with van der Waals surface area (Å²) in [6.07, 6.45) is 3.06. The van der Waals surface area contributed by atoms with Crippen molar-refractivity contribution in [1.29, 1.82) is 5.26 Å². The highest BCUT2D eigenvalue weighted by atomic mass is 16.6. The van der Waals surface area contributed by atoms with Gasteiger partial charge in [-0.1, -0.05) is 6.07 Å². The molecule has 9 nitrogen and oxygen atoms in total. The maximum atomic E-state index is 12.5. The lowest BCUT2D eigenvalue weighted by atomic mass is 10.1. The Balaban J connectivity index is 1.87. The maximum Gasteiger partial charge on any atom is 0.335 e. The minimum Gasteiger partial charge on any atom is -0.478 e. The molecule has 0 saturated carbocycles. The summed E-state index contributed by atoms with van der Waals surface area (Å²) in [5.41, 5.74) is 1.12. The summed E-state index contributed by atoms with van der Waals surface area (Å²) in [4.78, 5) is 33.8. The first-order valence-electron chi connectivity index (χ1n) is 8.58. The lowest BCUT2D eigenvalue weighted by Crippen LogP contribution is -2.14. The number of nitro groups is 1. The van der Waals surface area contributed by atoms with Crippen LogP contribution in [-0.2, 0) is 4.79 Å². The van der Waals surface area contributed by atoms with E-state index in [9.17, 15) is 25.0 Å².